The number of hydrogen-bond donors (Lipinski definition) is 0. The summed E-state index contributed by atoms with van der Waals surface area (Å²) in [5.41, 5.74) is 2.65. The van der Waals surface area contributed by atoms with E-state index in [2.05, 4.69) is 54.5 Å². The number of allylic oxidation sites excluding steroid dienone is 2. The molecule has 0 radical (unpaired) electrons. The molecule has 0 aromatic rings. The second-order valence-electron chi connectivity index (χ2n) is 15.4. The van der Waals surface area contributed by atoms with Crippen LogP contribution in [0.4, 0.5) is 0 Å². The lowest BCUT2D eigenvalue weighted by Gasteiger charge is -2.70. The predicted octanol–water partition coefficient (Wildman–Crippen LogP) is 7.92. The third-order valence-corrected chi connectivity index (χ3v) is 13.5. The molecule has 5 aliphatic rings. The van der Waals surface area contributed by atoms with Gasteiger partial charge >= 0.3 is 5.97 Å². The monoisotopic (exact) mass is 482 g/mol. The van der Waals surface area contributed by atoms with Crippen LogP contribution in [-0.2, 0) is 14.3 Å². The molecule has 0 aromatic heterocycles. The number of ether oxygens (including phenoxy) is 1. The van der Waals surface area contributed by atoms with Crippen molar-refractivity contribution in [3.63, 3.8) is 0 Å². The lowest BCUT2D eigenvalue weighted by molar-refractivity contribution is -0.184. The average molecular weight is 483 g/mol. The summed E-state index contributed by atoms with van der Waals surface area (Å²) in [6, 6.07) is 0. The molecule has 0 spiro atoms. The normalized spacial score (nSPS) is 50.7. The highest BCUT2D eigenvalue weighted by molar-refractivity contribution is 5.85. The molecule has 3 heteroatoms. The molecular weight excluding hydrogens is 432 g/mol. The first kappa shape index (κ1) is 25.5. The van der Waals surface area contributed by atoms with Crippen molar-refractivity contribution in [1.82, 2.24) is 0 Å². The summed E-state index contributed by atoms with van der Waals surface area (Å²) in [4.78, 5) is 25.2. The molecule has 0 heterocycles. The number of esters is 1. The molecule has 0 N–H and O–H groups in total. The van der Waals surface area contributed by atoms with Gasteiger partial charge in [0.25, 0.3) is 0 Å². The van der Waals surface area contributed by atoms with Gasteiger partial charge in [0.15, 0.2) is 0 Å². The molecule has 5 aliphatic carbocycles. The van der Waals surface area contributed by atoms with Gasteiger partial charge in [-0.1, -0.05) is 60.1 Å². The number of fused-ring (bicyclic) bond motifs is 7. The maximum atomic E-state index is 13.0. The number of methoxy groups -OCH3 is 1. The van der Waals surface area contributed by atoms with Crippen molar-refractivity contribution in [2.45, 2.75) is 119 Å². The molecule has 1 unspecified atom stereocenters. The summed E-state index contributed by atoms with van der Waals surface area (Å²) in [7, 11) is 1.53. The Hall–Kier alpha value is -1.12. The van der Waals surface area contributed by atoms with E-state index < -0.39 is 0 Å². The SMILES string of the molecule is COC(=O)C[C@@]1(C)CC[C@]2(C)CC[C@]3(C)C(=CCC4[C@@]5(C)CCC(=O)C(C)(C)[C@@H]5CC[C@]43C)[C@@H]2C1. The van der Waals surface area contributed by atoms with Gasteiger partial charge in [-0.3, -0.25) is 9.59 Å². The van der Waals surface area contributed by atoms with Crippen LogP contribution in [0.5, 0.6) is 0 Å². The van der Waals surface area contributed by atoms with E-state index in [9.17, 15) is 9.59 Å². The molecule has 4 fully saturated rings. The van der Waals surface area contributed by atoms with Crippen molar-refractivity contribution in [1.29, 1.82) is 0 Å². The van der Waals surface area contributed by atoms with Crippen molar-refractivity contribution in [2.75, 3.05) is 7.11 Å². The van der Waals surface area contributed by atoms with Crippen LogP contribution in [0.15, 0.2) is 11.6 Å². The molecule has 35 heavy (non-hydrogen) atoms. The summed E-state index contributed by atoms with van der Waals surface area (Å²) in [5, 5.41) is 0. The van der Waals surface area contributed by atoms with E-state index >= 15 is 0 Å². The van der Waals surface area contributed by atoms with E-state index in [1.54, 1.807) is 5.57 Å². The van der Waals surface area contributed by atoms with Gasteiger partial charge in [-0.2, -0.15) is 0 Å². The standard InChI is InChI=1S/C32H50O3/c1-27(2)23-11-14-32(7)24(30(23,5)13-12-25(27)33)10-9-21-22-19-28(3,20-26(34)35-8)15-16-29(22,4)17-18-31(21,32)6/h9,22-24H,10-20H2,1-8H3/t22-,23-,24?,28-,29+,30-,31+,32+/m0/s1. The third-order valence-electron chi connectivity index (χ3n) is 13.5. The molecule has 0 bridgehead atoms. The Kier molecular flexibility index (Phi) is 5.62. The second kappa shape index (κ2) is 7.70. The topological polar surface area (TPSA) is 43.4 Å². The summed E-state index contributed by atoms with van der Waals surface area (Å²) >= 11 is 0. The first-order chi connectivity index (χ1) is 16.2. The lowest BCUT2D eigenvalue weighted by atomic mass is 9.33. The Morgan fingerprint density at radius 2 is 1.63 bits per heavy atom. The summed E-state index contributed by atoms with van der Waals surface area (Å²) in [6.07, 6.45) is 14.7. The first-order valence-corrected chi connectivity index (χ1v) is 14.5. The molecule has 4 saturated carbocycles. The summed E-state index contributed by atoms with van der Waals surface area (Å²) in [6.45, 7) is 17.1. The van der Waals surface area contributed by atoms with Crippen LogP contribution in [0.3, 0.4) is 0 Å². The molecule has 0 saturated heterocycles. The molecular formula is C32H50O3. The van der Waals surface area contributed by atoms with E-state index in [0.29, 0.717) is 35.4 Å². The van der Waals surface area contributed by atoms with Crippen molar-refractivity contribution in [3.8, 4) is 0 Å². The van der Waals surface area contributed by atoms with Gasteiger partial charge in [0.05, 0.1) is 13.5 Å². The lowest BCUT2D eigenvalue weighted by Crippen LogP contribution is -2.64. The van der Waals surface area contributed by atoms with Crippen molar-refractivity contribution in [2.24, 2.45) is 50.2 Å². The average Bonchev–Trinajstić information content (AvgIpc) is 2.78. The summed E-state index contributed by atoms with van der Waals surface area (Å²) in [5.74, 6) is 2.14. The van der Waals surface area contributed by atoms with Gasteiger partial charge in [-0.15, -0.1) is 0 Å². The Morgan fingerprint density at radius 3 is 2.31 bits per heavy atom. The van der Waals surface area contributed by atoms with E-state index in [-0.39, 0.29) is 33.0 Å². The number of rotatable bonds is 2. The van der Waals surface area contributed by atoms with Crippen LogP contribution in [0, 0.1) is 50.2 Å². The minimum Gasteiger partial charge on any atom is -0.469 e. The van der Waals surface area contributed by atoms with Gasteiger partial charge < -0.3 is 4.74 Å². The van der Waals surface area contributed by atoms with Gasteiger partial charge in [-0.05, 0) is 103 Å². The minimum absolute atomic E-state index is 0.0332. The minimum atomic E-state index is -0.191. The van der Waals surface area contributed by atoms with Crippen LogP contribution >= 0.6 is 0 Å². The smallest absolute Gasteiger partial charge is 0.306 e. The summed E-state index contributed by atoms with van der Waals surface area (Å²) < 4.78 is 5.10. The van der Waals surface area contributed by atoms with Crippen LogP contribution < -0.4 is 0 Å². The van der Waals surface area contributed by atoms with Crippen LogP contribution in [-0.4, -0.2) is 18.9 Å². The highest BCUT2D eigenvalue weighted by Gasteiger charge is 2.68. The molecule has 0 amide bonds. The highest BCUT2D eigenvalue weighted by Crippen LogP contribution is 2.75. The predicted molar refractivity (Wildman–Crippen MR) is 141 cm³/mol. The van der Waals surface area contributed by atoms with E-state index in [1.807, 2.05) is 0 Å². The zero-order valence-corrected chi connectivity index (χ0v) is 23.8. The fourth-order valence-corrected chi connectivity index (χ4v) is 10.8. The Bertz CT molecular complexity index is 962. The number of ketones is 1. The number of carbonyl (C=O) groups excluding carboxylic acids is 2. The molecule has 5 rings (SSSR count). The Labute approximate surface area is 214 Å². The van der Waals surface area contributed by atoms with E-state index in [1.165, 1.54) is 45.6 Å². The molecule has 0 aliphatic heterocycles. The Morgan fingerprint density at radius 1 is 0.943 bits per heavy atom. The van der Waals surface area contributed by atoms with Gasteiger partial charge in [0, 0.05) is 11.8 Å². The Balaban J connectivity index is 1.53. The van der Waals surface area contributed by atoms with E-state index in [4.69, 9.17) is 4.74 Å². The van der Waals surface area contributed by atoms with Crippen molar-refractivity contribution in [3.05, 3.63) is 11.6 Å². The number of carbonyl (C=O) groups is 2. The molecule has 8 atom stereocenters. The van der Waals surface area contributed by atoms with Crippen LogP contribution in [0.2, 0.25) is 0 Å². The van der Waals surface area contributed by atoms with Crippen LogP contribution in [0.1, 0.15) is 119 Å². The number of Topliss-reactive ketones (excluding diaryl/α,β-unsaturated/α-hetero) is 1. The second-order valence-corrected chi connectivity index (χ2v) is 15.4. The first-order valence-electron chi connectivity index (χ1n) is 14.5. The number of hydrogen-bond acceptors (Lipinski definition) is 3. The van der Waals surface area contributed by atoms with Gasteiger partial charge in [-0.25, -0.2) is 0 Å². The third kappa shape index (κ3) is 3.34. The molecule has 196 valence electrons. The van der Waals surface area contributed by atoms with Crippen molar-refractivity contribution < 1.29 is 14.3 Å². The van der Waals surface area contributed by atoms with Crippen LogP contribution in [0.25, 0.3) is 0 Å². The van der Waals surface area contributed by atoms with E-state index in [0.717, 1.165) is 25.7 Å². The van der Waals surface area contributed by atoms with Crippen molar-refractivity contribution >= 4 is 11.8 Å². The van der Waals surface area contributed by atoms with Gasteiger partial charge in [0.1, 0.15) is 5.78 Å². The maximum absolute atomic E-state index is 13.0. The maximum Gasteiger partial charge on any atom is 0.306 e. The fraction of sp³-hybridized carbons (Fsp3) is 0.875. The fourth-order valence-electron chi connectivity index (χ4n) is 10.8. The highest BCUT2D eigenvalue weighted by atomic mass is 16.5. The zero-order valence-electron chi connectivity index (χ0n) is 23.8. The quantitative estimate of drug-likeness (QED) is 0.296. The molecule has 3 nitrogen and oxygen atoms in total. The molecule has 0 aromatic carbocycles. The zero-order chi connectivity index (χ0) is 25.7. The largest absolute Gasteiger partial charge is 0.469 e. The van der Waals surface area contributed by atoms with Gasteiger partial charge in [0.2, 0.25) is 0 Å².